The quantitative estimate of drug-likeness (QED) is 0.691. The number of carbonyl (C=O) groups excluding carboxylic acids is 1. The number of hydrogen-bond donors (Lipinski definition) is 1. The second kappa shape index (κ2) is 4.43. The lowest BCUT2D eigenvalue weighted by molar-refractivity contribution is -0.117. The second-order valence-electron chi connectivity index (χ2n) is 5.56. The van der Waals surface area contributed by atoms with Gasteiger partial charge in [0.05, 0.1) is 0 Å². The van der Waals surface area contributed by atoms with Crippen molar-refractivity contribution in [3.05, 3.63) is 0 Å². The Kier molecular flexibility index (Phi) is 3.71. The summed E-state index contributed by atoms with van der Waals surface area (Å²) in [4.78, 5) is 11.1. The van der Waals surface area contributed by atoms with E-state index in [1.807, 2.05) is 0 Å². The molecule has 14 heavy (non-hydrogen) atoms. The summed E-state index contributed by atoms with van der Waals surface area (Å²) in [6, 6.07) is 0. The van der Waals surface area contributed by atoms with Gasteiger partial charge in [-0.2, -0.15) is 0 Å². The van der Waals surface area contributed by atoms with Crippen LogP contribution in [0.4, 0.5) is 0 Å². The van der Waals surface area contributed by atoms with Crippen molar-refractivity contribution in [1.82, 2.24) is 0 Å². The van der Waals surface area contributed by atoms with E-state index >= 15 is 0 Å². The smallest absolute Gasteiger partial charge is 0.127 e. The van der Waals surface area contributed by atoms with Crippen LogP contribution in [0.25, 0.3) is 0 Å². The molecular formula is C12H23NO. The molecule has 0 radical (unpaired) electrons. The van der Waals surface area contributed by atoms with Crippen molar-refractivity contribution in [3.63, 3.8) is 0 Å². The number of nitrogens with two attached hydrogens (primary N) is 1. The number of hydrogen-bond acceptors (Lipinski definition) is 2. The summed E-state index contributed by atoms with van der Waals surface area (Å²) in [6.45, 7) is 5.17. The zero-order chi connectivity index (χ0) is 10.7. The molecule has 2 nitrogen and oxygen atoms in total. The van der Waals surface area contributed by atoms with Crippen LogP contribution in [-0.4, -0.2) is 12.8 Å². The minimum absolute atomic E-state index is 0.198. The lowest BCUT2D eigenvalue weighted by atomic mass is 9.71. The van der Waals surface area contributed by atoms with E-state index < -0.39 is 0 Å². The van der Waals surface area contributed by atoms with Crippen LogP contribution in [-0.2, 0) is 4.79 Å². The van der Waals surface area contributed by atoms with E-state index in [9.17, 15) is 4.79 Å². The molecule has 0 atom stereocenters. The molecule has 0 aromatic carbocycles. The third-order valence-electron chi connectivity index (χ3n) is 3.71. The predicted octanol–water partition coefficient (Wildman–Crippen LogP) is 2.51. The SMILES string of the molecule is CC1(C)CCCC(C=O)(CN)CCC1. The molecule has 0 saturated heterocycles. The van der Waals surface area contributed by atoms with Crippen LogP contribution in [0.5, 0.6) is 0 Å². The van der Waals surface area contributed by atoms with Crippen molar-refractivity contribution in [3.8, 4) is 0 Å². The van der Waals surface area contributed by atoms with Gasteiger partial charge in [0.2, 0.25) is 0 Å². The van der Waals surface area contributed by atoms with Crippen LogP contribution in [0.15, 0.2) is 0 Å². The van der Waals surface area contributed by atoms with Crippen LogP contribution in [0.1, 0.15) is 52.4 Å². The van der Waals surface area contributed by atoms with Crippen molar-refractivity contribution in [2.24, 2.45) is 16.6 Å². The van der Waals surface area contributed by atoms with Gasteiger partial charge in [-0.3, -0.25) is 0 Å². The molecule has 1 fully saturated rings. The monoisotopic (exact) mass is 197 g/mol. The highest BCUT2D eigenvalue weighted by Crippen LogP contribution is 2.38. The number of aldehydes is 1. The largest absolute Gasteiger partial charge is 0.329 e. The van der Waals surface area contributed by atoms with Crippen molar-refractivity contribution >= 4 is 6.29 Å². The Labute approximate surface area is 87.2 Å². The van der Waals surface area contributed by atoms with E-state index in [1.54, 1.807) is 0 Å². The van der Waals surface area contributed by atoms with Crippen molar-refractivity contribution < 1.29 is 4.79 Å². The lowest BCUT2D eigenvalue weighted by Gasteiger charge is -2.34. The highest BCUT2D eigenvalue weighted by Gasteiger charge is 2.31. The van der Waals surface area contributed by atoms with Crippen LogP contribution < -0.4 is 5.73 Å². The van der Waals surface area contributed by atoms with Crippen LogP contribution in [0.3, 0.4) is 0 Å². The fourth-order valence-corrected chi connectivity index (χ4v) is 2.46. The first-order valence-corrected chi connectivity index (χ1v) is 5.70. The van der Waals surface area contributed by atoms with Crippen LogP contribution in [0, 0.1) is 10.8 Å². The third-order valence-corrected chi connectivity index (χ3v) is 3.71. The minimum Gasteiger partial charge on any atom is -0.329 e. The average Bonchev–Trinajstić information content (AvgIpc) is 2.12. The number of carbonyl (C=O) groups is 1. The normalized spacial score (nSPS) is 26.2. The molecule has 82 valence electrons. The Balaban J connectivity index is 2.59. The zero-order valence-electron chi connectivity index (χ0n) is 9.51. The van der Waals surface area contributed by atoms with Gasteiger partial charge >= 0.3 is 0 Å². The highest BCUT2D eigenvalue weighted by atomic mass is 16.1. The van der Waals surface area contributed by atoms with Crippen LogP contribution >= 0.6 is 0 Å². The van der Waals surface area contributed by atoms with Gasteiger partial charge in [-0.1, -0.05) is 26.7 Å². The summed E-state index contributed by atoms with van der Waals surface area (Å²) >= 11 is 0. The molecule has 0 bridgehead atoms. The first-order valence-electron chi connectivity index (χ1n) is 5.70. The molecule has 0 spiro atoms. The molecule has 1 saturated carbocycles. The summed E-state index contributed by atoms with van der Waals surface area (Å²) in [5.74, 6) is 0. The molecule has 2 N–H and O–H groups in total. The lowest BCUT2D eigenvalue weighted by Crippen LogP contribution is -2.34. The van der Waals surface area contributed by atoms with E-state index in [0.717, 1.165) is 32.0 Å². The molecule has 2 heteroatoms. The van der Waals surface area contributed by atoms with Gasteiger partial charge in [0.1, 0.15) is 6.29 Å². The molecule has 1 aliphatic carbocycles. The maximum atomic E-state index is 11.1. The zero-order valence-corrected chi connectivity index (χ0v) is 9.51. The average molecular weight is 197 g/mol. The first-order chi connectivity index (χ1) is 6.54. The van der Waals surface area contributed by atoms with Crippen molar-refractivity contribution in [2.45, 2.75) is 52.4 Å². The Bertz CT molecular complexity index is 186. The third kappa shape index (κ3) is 2.81. The predicted molar refractivity (Wildman–Crippen MR) is 59.0 cm³/mol. The van der Waals surface area contributed by atoms with Crippen molar-refractivity contribution in [2.75, 3.05) is 6.54 Å². The Hall–Kier alpha value is -0.370. The van der Waals surface area contributed by atoms with Gasteiger partial charge in [-0.15, -0.1) is 0 Å². The first kappa shape index (κ1) is 11.7. The summed E-state index contributed by atoms with van der Waals surface area (Å²) in [5, 5.41) is 0. The van der Waals surface area contributed by atoms with E-state index in [4.69, 9.17) is 5.73 Å². The van der Waals surface area contributed by atoms with Gasteiger partial charge in [-0.25, -0.2) is 0 Å². The molecule has 0 aromatic heterocycles. The van der Waals surface area contributed by atoms with E-state index in [1.165, 1.54) is 12.8 Å². The molecule has 0 heterocycles. The summed E-state index contributed by atoms with van der Waals surface area (Å²) in [5.41, 5.74) is 5.97. The van der Waals surface area contributed by atoms with E-state index in [0.29, 0.717) is 12.0 Å². The van der Waals surface area contributed by atoms with E-state index in [-0.39, 0.29) is 5.41 Å². The highest BCUT2D eigenvalue weighted by molar-refractivity contribution is 5.59. The second-order valence-corrected chi connectivity index (χ2v) is 5.56. The molecule has 1 rings (SSSR count). The van der Waals surface area contributed by atoms with Gasteiger partial charge in [0, 0.05) is 12.0 Å². The molecule has 1 aliphatic rings. The van der Waals surface area contributed by atoms with E-state index in [2.05, 4.69) is 13.8 Å². The Morgan fingerprint density at radius 3 is 2.00 bits per heavy atom. The molecule has 0 aliphatic heterocycles. The van der Waals surface area contributed by atoms with Gasteiger partial charge in [-0.05, 0) is 31.1 Å². The summed E-state index contributed by atoms with van der Waals surface area (Å²) in [7, 11) is 0. The molecule has 0 unspecified atom stereocenters. The van der Waals surface area contributed by atoms with Crippen molar-refractivity contribution in [1.29, 1.82) is 0 Å². The van der Waals surface area contributed by atoms with Gasteiger partial charge in [0.25, 0.3) is 0 Å². The fourth-order valence-electron chi connectivity index (χ4n) is 2.46. The van der Waals surface area contributed by atoms with Gasteiger partial charge < -0.3 is 10.5 Å². The van der Waals surface area contributed by atoms with Gasteiger partial charge in [0.15, 0.2) is 0 Å². The standard InChI is InChI=1S/C12H23NO/c1-11(2)5-3-7-12(9-13,10-14)8-4-6-11/h10H,3-9,13H2,1-2H3. The van der Waals surface area contributed by atoms with Crippen LogP contribution in [0.2, 0.25) is 0 Å². The Morgan fingerprint density at radius 1 is 1.14 bits per heavy atom. The number of rotatable bonds is 2. The minimum atomic E-state index is -0.198. The summed E-state index contributed by atoms with van der Waals surface area (Å²) in [6.07, 6.45) is 7.80. The topological polar surface area (TPSA) is 43.1 Å². The molecular weight excluding hydrogens is 174 g/mol. The molecule has 0 amide bonds. The maximum Gasteiger partial charge on any atom is 0.127 e. The molecule has 0 aromatic rings. The maximum absolute atomic E-state index is 11.1. The fraction of sp³-hybridized carbons (Fsp3) is 0.917. The summed E-state index contributed by atoms with van der Waals surface area (Å²) < 4.78 is 0. The Morgan fingerprint density at radius 2 is 1.64 bits per heavy atom.